The van der Waals surface area contributed by atoms with E-state index < -0.39 is 10.8 Å². The fraction of sp³-hybridized carbons (Fsp3) is 0.630. The van der Waals surface area contributed by atoms with Crippen LogP contribution in [0.25, 0.3) is 0 Å². The molecule has 7 heteroatoms. The first-order valence-electron chi connectivity index (χ1n) is 13.0. The highest BCUT2D eigenvalue weighted by Gasteiger charge is 2.44. The Labute approximate surface area is 205 Å². The van der Waals surface area contributed by atoms with Gasteiger partial charge >= 0.3 is 0 Å². The molecule has 0 amide bonds. The zero-order valence-electron chi connectivity index (χ0n) is 20.4. The molecule has 2 N–H and O–H groups in total. The van der Waals surface area contributed by atoms with Crippen LogP contribution in [0.5, 0.6) is 0 Å². The first-order valence-corrected chi connectivity index (χ1v) is 14.1. The maximum Gasteiger partial charge on any atom is 0.227 e. The van der Waals surface area contributed by atoms with Crippen LogP contribution in [0.4, 0.5) is 11.8 Å². The first-order chi connectivity index (χ1) is 16.4. The van der Waals surface area contributed by atoms with E-state index in [0.29, 0.717) is 18.2 Å². The lowest BCUT2D eigenvalue weighted by Gasteiger charge is -2.42. The SMILES string of the molecule is CC1(C)Cc2nc(N3CCC(c4ccc5c(c4)CCC5)CC3)nc(NC3(CO)CCC3)c2[S@@]1=O. The topological polar surface area (TPSA) is 78.3 Å². The van der Waals surface area contributed by atoms with Crippen molar-refractivity contribution in [1.82, 2.24) is 9.97 Å². The molecule has 1 saturated carbocycles. The highest BCUT2D eigenvalue weighted by atomic mass is 32.2. The number of benzene rings is 1. The third-order valence-electron chi connectivity index (χ3n) is 8.57. The first kappa shape index (κ1) is 22.5. The van der Waals surface area contributed by atoms with E-state index in [2.05, 4.69) is 28.4 Å². The van der Waals surface area contributed by atoms with Crippen molar-refractivity contribution < 1.29 is 9.32 Å². The minimum Gasteiger partial charge on any atom is -0.394 e. The number of hydrogen-bond acceptors (Lipinski definition) is 6. The summed E-state index contributed by atoms with van der Waals surface area (Å²) in [5.41, 5.74) is 5.16. The Bertz CT molecular complexity index is 1130. The lowest BCUT2D eigenvalue weighted by molar-refractivity contribution is 0.143. The van der Waals surface area contributed by atoms with E-state index >= 15 is 0 Å². The number of aliphatic hydroxyl groups excluding tert-OH is 1. The Morgan fingerprint density at radius 2 is 1.88 bits per heavy atom. The Morgan fingerprint density at radius 1 is 1.12 bits per heavy atom. The quantitative estimate of drug-likeness (QED) is 0.670. The van der Waals surface area contributed by atoms with E-state index in [4.69, 9.17) is 9.97 Å². The Morgan fingerprint density at radius 3 is 2.59 bits per heavy atom. The second kappa shape index (κ2) is 8.30. The number of piperidine rings is 1. The van der Waals surface area contributed by atoms with E-state index in [0.717, 1.165) is 61.7 Å². The zero-order valence-corrected chi connectivity index (χ0v) is 21.2. The van der Waals surface area contributed by atoms with Crippen LogP contribution in [-0.4, -0.2) is 49.3 Å². The van der Waals surface area contributed by atoms with Gasteiger partial charge in [-0.05, 0) is 87.8 Å². The van der Waals surface area contributed by atoms with Gasteiger partial charge in [-0.15, -0.1) is 0 Å². The highest BCUT2D eigenvalue weighted by Crippen LogP contribution is 2.43. The number of aliphatic hydroxyl groups is 1. The molecule has 3 heterocycles. The normalized spacial score (nSPS) is 25.0. The summed E-state index contributed by atoms with van der Waals surface area (Å²) in [7, 11) is -1.17. The van der Waals surface area contributed by atoms with Crippen molar-refractivity contribution in [3.05, 3.63) is 40.6 Å². The number of aryl methyl sites for hydroxylation is 2. The van der Waals surface area contributed by atoms with Gasteiger partial charge in [-0.3, -0.25) is 4.21 Å². The Balaban J connectivity index is 1.25. The van der Waals surface area contributed by atoms with Gasteiger partial charge in [0.1, 0.15) is 10.7 Å². The van der Waals surface area contributed by atoms with Crippen LogP contribution in [0, 0.1) is 0 Å². The third kappa shape index (κ3) is 3.76. The number of fused-ring (bicyclic) bond motifs is 2. The average Bonchev–Trinajstić information content (AvgIpc) is 3.37. The second-order valence-corrected chi connectivity index (χ2v) is 13.5. The van der Waals surface area contributed by atoms with Gasteiger partial charge in [0.15, 0.2) is 0 Å². The van der Waals surface area contributed by atoms with Crippen LogP contribution in [-0.2, 0) is 30.1 Å². The van der Waals surface area contributed by atoms with Crippen molar-refractivity contribution in [2.45, 2.75) is 92.7 Å². The summed E-state index contributed by atoms with van der Waals surface area (Å²) in [4.78, 5) is 12.9. The standard InChI is InChI=1S/C27H36N4O2S/c1-26(2)16-22-23(34(26)33)24(30-27(17-32)11-4-12-27)29-25(28-22)31-13-9-19(10-14-31)21-8-7-18-5-3-6-20(18)15-21/h7-8,15,19,32H,3-6,9-14,16-17H2,1-2H3,(H,28,29,30)/t34-/m0/s1. The lowest BCUT2D eigenvalue weighted by atomic mass is 9.77. The summed E-state index contributed by atoms with van der Waals surface area (Å²) < 4.78 is 13.0. The van der Waals surface area contributed by atoms with Gasteiger partial charge in [-0.1, -0.05) is 18.2 Å². The molecular formula is C27H36N4O2S. The Hall–Kier alpha value is -1.99. The van der Waals surface area contributed by atoms with Crippen LogP contribution < -0.4 is 10.2 Å². The fourth-order valence-corrected chi connectivity index (χ4v) is 7.63. The van der Waals surface area contributed by atoms with Crippen molar-refractivity contribution in [3.8, 4) is 0 Å². The molecule has 2 aromatic rings. The van der Waals surface area contributed by atoms with Gasteiger partial charge in [0.2, 0.25) is 5.95 Å². The predicted molar refractivity (Wildman–Crippen MR) is 136 cm³/mol. The summed E-state index contributed by atoms with van der Waals surface area (Å²) in [6.45, 7) is 6.02. The molecule has 6 nitrogen and oxygen atoms in total. The summed E-state index contributed by atoms with van der Waals surface area (Å²) in [5, 5.41) is 13.6. The molecule has 34 heavy (non-hydrogen) atoms. The van der Waals surface area contributed by atoms with Gasteiger partial charge in [-0.25, -0.2) is 4.98 Å². The van der Waals surface area contributed by atoms with E-state index in [9.17, 15) is 9.32 Å². The van der Waals surface area contributed by atoms with Gasteiger partial charge in [0.05, 0.1) is 33.4 Å². The minimum absolute atomic E-state index is 0.0727. The number of rotatable bonds is 5. The minimum atomic E-state index is -1.17. The predicted octanol–water partition coefficient (Wildman–Crippen LogP) is 4.12. The van der Waals surface area contributed by atoms with Crippen molar-refractivity contribution in [2.75, 3.05) is 29.9 Å². The molecule has 182 valence electrons. The van der Waals surface area contributed by atoms with Crippen LogP contribution in [0.1, 0.15) is 80.7 Å². The van der Waals surface area contributed by atoms with Crippen LogP contribution in [0.3, 0.4) is 0 Å². The fourth-order valence-electron chi connectivity index (χ4n) is 6.21. The van der Waals surface area contributed by atoms with Gasteiger partial charge in [-0.2, -0.15) is 4.98 Å². The van der Waals surface area contributed by atoms with Crippen molar-refractivity contribution in [2.24, 2.45) is 0 Å². The number of hydrogen-bond donors (Lipinski definition) is 2. The number of anilines is 2. The van der Waals surface area contributed by atoms with Crippen LogP contribution >= 0.6 is 0 Å². The lowest BCUT2D eigenvalue weighted by Crippen LogP contribution is -2.49. The number of aromatic nitrogens is 2. The molecule has 1 aromatic heterocycles. The molecule has 0 spiro atoms. The zero-order chi connectivity index (χ0) is 23.5. The molecule has 2 fully saturated rings. The molecule has 6 rings (SSSR count). The number of nitrogens with one attached hydrogen (secondary N) is 1. The molecule has 4 aliphatic rings. The maximum absolute atomic E-state index is 13.3. The van der Waals surface area contributed by atoms with Crippen LogP contribution in [0.2, 0.25) is 0 Å². The van der Waals surface area contributed by atoms with Gasteiger partial charge in [0.25, 0.3) is 0 Å². The van der Waals surface area contributed by atoms with E-state index in [1.807, 2.05) is 13.8 Å². The summed E-state index contributed by atoms with van der Waals surface area (Å²) in [5.74, 6) is 2.02. The third-order valence-corrected chi connectivity index (χ3v) is 10.5. The largest absolute Gasteiger partial charge is 0.394 e. The van der Waals surface area contributed by atoms with Crippen molar-refractivity contribution in [1.29, 1.82) is 0 Å². The summed E-state index contributed by atoms with van der Waals surface area (Å²) in [6, 6.07) is 7.16. The van der Waals surface area contributed by atoms with E-state index in [-0.39, 0.29) is 16.9 Å². The molecule has 1 aromatic carbocycles. The molecule has 1 atom stereocenters. The molecule has 0 radical (unpaired) electrons. The summed E-state index contributed by atoms with van der Waals surface area (Å²) in [6.07, 6.45) is 9.57. The monoisotopic (exact) mass is 480 g/mol. The summed E-state index contributed by atoms with van der Waals surface area (Å²) >= 11 is 0. The van der Waals surface area contributed by atoms with Crippen molar-refractivity contribution >= 4 is 22.6 Å². The molecule has 0 bridgehead atoms. The molecule has 2 aliphatic carbocycles. The smallest absolute Gasteiger partial charge is 0.227 e. The molecule has 2 aliphatic heterocycles. The van der Waals surface area contributed by atoms with Gasteiger partial charge < -0.3 is 15.3 Å². The number of nitrogens with zero attached hydrogens (tertiary/aromatic N) is 3. The Kier molecular flexibility index (Phi) is 5.49. The maximum atomic E-state index is 13.3. The van der Waals surface area contributed by atoms with Crippen molar-refractivity contribution in [3.63, 3.8) is 0 Å². The van der Waals surface area contributed by atoms with E-state index in [1.165, 1.54) is 24.8 Å². The highest BCUT2D eigenvalue weighted by molar-refractivity contribution is 7.87. The average molecular weight is 481 g/mol. The van der Waals surface area contributed by atoms with Crippen LogP contribution in [0.15, 0.2) is 23.1 Å². The van der Waals surface area contributed by atoms with Gasteiger partial charge in [0, 0.05) is 19.5 Å². The second-order valence-electron chi connectivity index (χ2n) is 11.4. The molecular weight excluding hydrogens is 444 g/mol. The molecule has 0 unspecified atom stereocenters. The molecule has 1 saturated heterocycles. The van der Waals surface area contributed by atoms with E-state index in [1.54, 1.807) is 11.1 Å².